The quantitative estimate of drug-likeness (QED) is 0.331. The summed E-state index contributed by atoms with van der Waals surface area (Å²) in [6.07, 6.45) is 5.02. The molecule has 4 heterocycles. The maximum absolute atomic E-state index is 13.4. The largest absolute Gasteiger partial charge is 0.300 e. The molecule has 0 saturated heterocycles. The predicted molar refractivity (Wildman–Crippen MR) is 136 cm³/mol. The highest BCUT2D eigenvalue weighted by Gasteiger charge is 2.19. The van der Waals surface area contributed by atoms with Crippen molar-refractivity contribution in [3.8, 4) is 0 Å². The number of aromatic nitrogens is 7. The fraction of sp³-hybridized carbons (Fsp3) is 0.0870. The van der Waals surface area contributed by atoms with E-state index in [2.05, 4.69) is 30.6 Å². The molecule has 0 unspecified atom stereocenters. The van der Waals surface area contributed by atoms with Crippen LogP contribution in [0, 0.1) is 5.82 Å². The van der Waals surface area contributed by atoms with Gasteiger partial charge in [-0.25, -0.2) is 29.0 Å². The zero-order valence-corrected chi connectivity index (χ0v) is 20.1. The lowest BCUT2D eigenvalue weighted by Gasteiger charge is -2.17. The number of nitrogens with one attached hydrogen (secondary N) is 1. The number of carbonyl (C=O) groups excluding carboxylic acids is 1. The van der Waals surface area contributed by atoms with E-state index < -0.39 is 0 Å². The highest BCUT2D eigenvalue weighted by atomic mass is 32.1. The number of anilines is 3. The summed E-state index contributed by atoms with van der Waals surface area (Å²) in [7, 11) is 0. The molecule has 0 radical (unpaired) electrons. The van der Waals surface area contributed by atoms with Gasteiger partial charge in [0.1, 0.15) is 18.1 Å². The Labute approximate surface area is 211 Å². The Balaban J connectivity index is 1.19. The second-order valence-corrected chi connectivity index (χ2v) is 9.73. The smallest absolute Gasteiger partial charge is 0.247 e. The van der Waals surface area contributed by atoms with Crippen molar-refractivity contribution in [2.45, 2.75) is 13.1 Å². The number of hydrogen-bond acceptors (Lipinski definition) is 10. The van der Waals surface area contributed by atoms with Crippen LogP contribution in [0.5, 0.6) is 0 Å². The summed E-state index contributed by atoms with van der Waals surface area (Å²) in [5.74, 6) is -0.184. The Morgan fingerprint density at radius 1 is 1.00 bits per heavy atom. The van der Waals surface area contributed by atoms with Crippen LogP contribution in [0.25, 0.3) is 20.4 Å². The zero-order valence-electron chi connectivity index (χ0n) is 18.4. The lowest BCUT2D eigenvalue weighted by Crippen LogP contribution is -2.19. The molecule has 0 bridgehead atoms. The van der Waals surface area contributed by atoms with E-state index >= 15 is 0 Å². The van der Waals surface area contributed by atoms with Crippen molar-refractivity contribution in [2.75, 3.05) is 10.2 Å². The first-order valence-corrected chi connectivity index (χ1v) is 12.4. The van der Waals surface area contributed by atoms with Crippen molar-refractivity contribution < 1.29 is 9.18 Å². The first-order valence-electron chi connectivity index (χ1n) is 10.8. The number of thiazole rings is 2. The van der Waals surface area contributed by atoms with Gasteiger partial charge >= 0.3 is 0 Å². The molecule has 178 valence electrons. The number of rotatable bonds is 7. The van der Waals surface area contributed by atoms with Crippen molar-refractivity contribution >= 4 is 65.2 Å². The molecule has 2 aromatic carbocycles. The molecule has 0 aliphatic carbocycles. The van der Waals surface area contributed by atoms with Crippen LogP contribution in [0.2, 0.25) is 0 Å². The molecule has 36 heavy (non-hydrogen) atoms. The summed E-state index contributed by atoms with van der Waals surface area (Å²) in [5, 5.41) is 12.2. The SMILES string of the molecule is O=C(Cn1cc(CN(c2ncccn2)c2nc3ccccc3s2)nn1)Nc1nc2ccc(F)cc2s1. The van der Waals surface area contributed by atoms with Gasteiger partial charge in [-0.15, -0.1) is 5.10 Å². The summed E-state index contributed by atoms with van der Waals surface area (Å²) in [4.78, 5) is 32.2. The fourth-order valence-electron chi connectivity index (χ4n) is 3.54. The number of fused-ring (bicyclic) bond motifs is 2. The van der Waals surface area contributed by atoms with E-state index in [4.69, 9.17) is 4.98 Å². The Bertz CT molecular complexity index is 1650. The molecule has 0 aliphatic heterocycles. The van der Waals surface area contributed by atoms with Gasteiger partial charge in [-0.1, -0.05) is 40.0 Å². The van der Waals surface area contributed by atoms with Gasteiger partial charge in [0.05, 0.1) is 33.2 Å². The number of hydrogen-bond donors (Lipinski definition) is 1. The zero-order chi connectivity index (χ0) is 24.5. The third-order valence-electron chi connectivity index (χ3n) is 5.12. The third-order valence-corrected chi connectivity index (χ3v) is 7.11. The number of benzene rings is 2. The Morgan fingerprint density at radius 3 is 2.69 bits per heavy atom. The van der Waals surface area contributed by atoms with Gasteiger partial charge in [-0.05, 0) is 36.4 Å². The first kappa shape index (κ1) is 22.1. The van der Waals surface area contributed by atoms with Crippen LogP contribution in [0.1, 0.15) is 5.69 Å². The van der Waals surface area contributed by atoms with Crippen LogP contribution in [-0.4, -0.2) is 40.8 Å². The molecule has 0 saturated carbocycles. The van der Waals surface area contributed by atoms with Crippen LogP contribution in [0.4, 0.5) is 20.6 Å². The van der Waals surface area contributed by atoms with Gasteiger partial charge in [0.25, 0.3) is 0 Å². The second kappa shape index (κ2) is 9.36. The van der Waals surface area contributed by atoms with E-state index in [-0.39, 0.29) is 18.3 Å². The van der Waals surface area contributed by atoms with E-state index in [1.165, 1.54) is 39.5 Å². The molecular weight excluding hydrogens is 501 g/mol. The topological polar surface area (TPSA) is 115 Å². The molecule has 0 fully saturated rings. The summed E-state index contributed by atoms with van der Waals surface area (Å²) < 4.78 is 16.6. The number of halogens is 1. The van der Waals surface area contributed by atoms with Crippen molar-refractivity contribution in [3.05, 3.63) is 78.6 Å². The van der Waals surface area contributed by atoms with Crippen LogP contribution in [0.3, 0.4) is 0 Å². The van der Waals surface area contributed by atoms with Crippen molar-refractivity contribution in [3.63, 3.8) is 0 Å². The van der Waals surface area contributed by atoms with E-state index in [0.717, 1.165) is 15.3 Å². The molecular formula is C23H16FN9OS2. The fourth-order valence-corrected chi connectivity index (χ4v) is 5.41. The molecule has 0 atom stereocenters. The molecule has 1 amide bonds. The minimum atomic E-state index is -0.347. The van der Waals surface area contributed by atoms with Crippen LogP contribution >= 0.6 is 22.7 Å². The minimum Gasteiger partial charge on any atom is -0.300 e. The molecule has 0 spiro atoms. The standard InChI is InChI=1S/C23H16FN9OS2/c24-14-6-7-17-19(10-14)35-22(27-17)29-20(34)13-32-11-15(30-31-32)12-33(21-25-8-3-9-26-21)23-28-16-4-1-2-5-18(16)36-23/h1-11H,12-13H2,(H,27,29,34). The lowest BCUT2D eigenvalue weighted by molar-refractivity contribution is -0.116. The van der Waals surface area contributed by atoms with Crippen molar-refractivity contribution in [2.24, 2.45) is 0 Å². The number of nitrogens with zero attached hydrogens (tertiary/aromatic N) is 8. The average Bonchev–Trinajstić information content (AvgIpc) is 3.60. The Hall–Kier alpha value is -4.36. The summed E-state index contributed by atoms with van der Waals surface area (Å²) in [5.41, 5.74) is 2.12. The highest BCUT2D eigenvalue weighted by Crippen LogP contribution is 2.32. The molecule has 13 heteroatoms. The molecule has 10 nitrogen and oxygen atoms in total. The summed E-state index contributed by atoms with van der Waals surface area (Å²) in [6.45, 7) is 0.259. The van der Waals surface area contributed by atoms with Gasteiger partial charge < -0.3 is 5.32 Å². The van der Waals surface area contributed by atoms with E-state index in [1.807, 2.05) is 29.2 Å². The van der Waals surface area contributed by atoms with Gasteiger partial charge in [0.2, 0.25) is 11.9 Å². The maximum atomic E-state index is 13.4. The number of carbonyl (C=O) groups is 1. The van der Waals surface area contributed by atoms with Crippen LogP contribution < -0.4 is 10.2 Å². The summed E-state index contributed by atoms with van der Waals surface area (Å²) >= 11 is 2.73. The predicted octanol–water partition coefficient (Wildman–Crippen LogP) is 4.40. The minimum absolute atomic E-state index is 0.0553. The number of para-hydroxylation sites is 1. The molecule has 6 rings (SSSR count). The van der Waals surface area contributed by atoms with Crippen molar-refractivity contribution in [1.29, 1.82) is 0 Å². The molecule has 6 aromatic rings. The van der Waals surface area contributed by atoms with Gasteiger partial charge in [-0.3, -0.25) is 9.69 Å². The maximum Gasteiger partial charge on any atom is 0.247 e. The third kappa shape index (κ3) is 4.61. The molecule has 1 N–H and O–H groups in total. The second-order valence-electron chi connectivity index (χ2n) is 7.69. The summed E-state index contributed by atoms with van der Waals surface area (Å²) in [6, 6.07) is 13.9. The van der Waals surface area contributed by atoms with Gasteiger partial charge in [-0.2, -0.15) is 0 Å². The van der Waals surface area contributed by atoms with Gasteiger partial charge in [0, 0.05) is 12.4 Å². The van der Waals surface area contributed by atoms with E-state index in [1.54, 1.807) is 30.7 Å². The molecule has 0 aliphatic rings. The molecule has 4 aromatic heterocycles. The first-order chi connectivity index (χ1) is 17.6. The van der Waals surface area contributed by atoms with Gasteiger partial charge in [0.15, 0.2) is 10.3 Å². The van der Waals surface area contributed by atoms with Crippen LogP contribution in [-0.2, 0) is 17.9 Å². The average molecular weight is 518 g/mol. The van der Waals surface area contributed by atoms with E-state index in [9.17, 15) is 9.18 Å². The highest BCUT2D eigenvalue weighted by molar-refractivity contribution is 7.22. The Morgan fingerprint density at radius 2 is 1.83 bits per heavy atom. The number of amides is 1. The van der Waals surface area contributed by atoms with Crippen molar-refractivity contribution in [1.82, 2.24) is 34.9 Å². The lowest BCUT2D eigenvalue weighted by atomic mass is 10.3. The normalized spacial score (nSPS) is 11.2. The Kier molecular flexibility index (Phi) is 5.75. The van der Waals surface area contributed by atoms with Crippen LogP contribution in [0.15, 0.2) is 67.1 Å². The monoisotopic (exact) mass is 517 g/mol. The van der Waals surface area contributed by atoms with E-state index in [0.29, 0.717) is 33.5 Å².